The van der Waals surface area contributed by atoms with Crippen molar-refractivity contribution in [1.29, 1.82) is 0 Å². The number of nitrogens with one attached hydrogen (secondary N) is 1. The van der Waals surface area contributed by atoms with E-state index >= 15 is 0 Å². The van der Waals surface area contributed by atoms with Gasteiger partial charge in [0.2, 0.25) is 5.95 Å². The lowest BCUT2D eigenvalue weighted by atomic mass is 10.4. The Hall–Kier alpha value is -1.95. The van der Waals surface area contributed by atoms with E-state index in [-0.39, 0.29) is 0 Å². The van der Waals surface area contributed by atoms with Gasteiger partial charge in [-0.25, -0.2) is 9.97 Å². The molecule has 6 heteroatoms. The van der Waals surface area contributed by atoms with E-state index < -0.39 is 0 Å². The van der Waals surface area contributed by atoms with Crippen LogP contribution in [0.2, 0.25) is 0 Å². The third kappa shape index (κ3) is 1.35. The Bertz CT molecular complexity index is 613. The van der Waals surface area contributed by atoms with Crippen LogP contribution in [0.4, 0.5) is 5.95 Å². The first-order valence-electron chi connectivity index (χ1n) is 4.80. The fraction of sp³-hybridized carbons (Fsp3) is 0.100. The number of rotatable bonds is 2. The van der Waals surface area contributed by atoms with E-state index in [0.29, 0.717) is 5.95 Å². The first kappa shape index (κ1) is 9.29. The second-order valence-corrected chi connectivity index (χ2v) is 4.12. The molecule has 3 aromatic heterocycles. The molecule has 5 nitrogen and oxygen atoms in total. The molecule has 0 saturated heterocycles. The third-order valence-electron chi connectivity index (χ3n) is 2.28. The smallest absolute Gasteiger partial charge is 0.225 e. The molecule has 0 spiro atoms. The minimum absolute atomic E-state index is 0.624. The number of imidazole rings is 1. The van der Waals surface area contributed by atoms with Crippen LogP contribution in [0.1, 0.15) is 0 Å². The molecule has 3 aromatic rings. The summed E-state index contributed by atoms with van der Waals surface area (Å²) in [7, 11) is 1.81. The molecule has 0 atom stereocenters. The summed E-state index contributed by atoms with van der Waals surface area (Å²) in [6, 6.07) is 2.02. The van der Waals surface area contributed by atoms with Crippen LogP contribution in [0.25, 0.3) is 16.0 Å². The summed E-state index contributed by atoms with van der Waals surface area (Å²) in [4.78, 5) is 13.8. The number of thiophene rings is 1. The van der Waals surface area contributed by atoms with Crippen LogP contribution < -0.4 is 5.32 Å². The topological polar surface area (TPSA) is 55.6 Å². The van der Waals surface area contributed by atoms with Gasteiger partial charge in [0.1, 0.15) is 11.2 Å². The molecule has 0 aromatic carbocycles. The Kier molecular flexibility index (Phi) is 2.07. The van der Waals surface area contributed by atoms with Gasteiger partial charge in [-0.1, -0.05) is 0 Å². The fourth-order valence-electron chi connectivity index (χ4n) is 1.53. The Balaban J connectivity index is 2.33. The van der Waals surface area contributed by atoms with Crippen molar-refractivity contribution in [3.63, 3.8) is 0 Å². The summed E-state index contributed by atoms with van der Waals surface area (Å²) in [5.74, 6) is 1.48. The van der Waals surface area contributed by atoms with Gasteiger partial charge in [0.05, 0.1) is 5.39 Å². The number of anilines is 1. The minimum Gasteiger partial charge on any atom is -0.357 e. The quantitative estimate of drug-likeness (QED) is 0.732. The van der Waals surface area contributed by atoms with Crippen LogP contribution in [0.15, 0.2) is 30.2 Å². The van der Waals surface area contributed by atoms with Crippen molar-refractivity contribution in [2.45, 2.75) is 0 Å². The molecule has 0 fully saturated rings. The van der Waals surface area contributed by atoms with Gasteiger partial charge >= 0.3 is 0 Å². The normalized spacial score (nSPS) is 10.8. The lowest BCUT2D eigenvalue weighted by Gasteiger charge is -2.05. The maximum absolute atomic E-state index is 4.44. The van der Waals surface area contributed by atoms with Crippen LogP contribution in [-0.4, -0.2) is 26.6 Å². The zero-order valence-corrected chi connectivity index (χ0v) is 9.40. The zero-order valence-electron chi connectivity index (χ0n) is 8.58. The summed E-state index contributed by atoms with van der Waals surface area (Å²) in [6.07, 6.45) is 5.34. The Morgan fingerprint density at radius 3 is 3.06 bits per heavy atom. The molecule has 0 bridgehead atoms. The SMILES string of the molecule is CNc1nc(-n2ccnc2)c2ccsc2n1. The van der Waals surface area contributed by atoms with Gasteiger partial charge in [0, 0.05) is 19.4 Å². The zero-order chi connectivity index (χ0) is 11.0. The summed E-state index contributed by atoms with van der Waals surface area (Å²) in [6.45, 7) is 0. The van der Waals surface area contributed by atoms with E-state index in [1.807, 2.05) is 29.3 Å². The standard InChI is InChI=1S/C10H9N5S/c1-11-10-13-8(15-4-3-12-6-15)7-2-5-16-9(7)14-10/h2-6H,1H3,(H,11,13,14). The van der Waals surface area contributed by atoms with E-state index in [9.17, 15) is 0 Å². The van der Waals surface area contributed by atoms with Gasteiger partial charge in [-0.05, 0) is 11.4 Å². The molecule has 0 aliphatic carbocycles. The van der Waals surface area contributed by atoms with Crippen molar-refractivity contribution < 1.29 is 0 Å². The highest BCUT2D eigenvalue weighted by Gasteiger charge is 2.09. The van der Waals surface area contributed by atoms with Crippen LogP contribution in [0.5, 0.6) is 0 Å². The van der Waals surface area contributed by atoms with E-state index in [0.717, 1.165) is 16.0 Å². The van der Waals surface area contributed by atoms with Crippen molar-refractivity contribution in [1.82, 2.24) is 19.5 Å². The van der Waals surface area contributed by atoms with Crippen molar-refractivity contribution >= 4 is 27.5 Å². The third-order valence-corrected chi connectivity index (χ3v) is 3.08. The van der Waals surface area contributed by atoms with Gasteiger partial charge in [0.15, 0.2) is 5.82 Å². The number of nitrogens with zero attached hydrogens (tertiary/aromatic N) is 4. The molecule has 0 unspecified atom stereocenters. The number of hydrogen-bond acceptors (Lipinski definition) is 5. The van der Waals surface area contributed by atoms with Crippen molar-refractivity contribution in [3.05, 3.63) is 30.2 Å². The number of fused-ring (bicyclic) bond motifs is 1. The Morgan fingerprint density at radius 2 is 2.31 bits per heavy atom. The molecule has 3 rings (SSSR count). The highest BCUT2D eigenvalue weighted by atomic mass is 32.1. The Morgan fingerprint density at radius 1 is 1.38 bits per heavy atom. The first-order chi connectivity index (χ1) is 7.88. The van der Waals surface area contributed by atoms with Crippen molar-refractivity contribution in [2.24, 2.45) is 0 Å². The summed E-state index contributed by atoms with van der Waals surface area (Å²) >= 11 is 1.60. The molecule has 0 saturated carbocycles. The van der Waals surface area contributed by atoms with Gasteiger partial charge in [0.25, 0.3) is 0 Å². The van der Waals surface area contributed by atoms with Crippen LogP contribution in [-0.2, 0) is 0 Å². The van der Waals surface area contributed by atoms with E-state index in [4.69, 9.17) is 0 Å². The maximum atomic E-state index is 4.44. The second kappa shape index (κ2) is 3.57. The van der Waals surface area contributed by atoms with Crippen molar-refractivity contribution in [3.8, 4) is 5.82 Å². The summed E-state index contributed by atoms with van der Waals surface area (Å²) in [5.41, 5.74) is 0. The van der Waals surface area contributed by atoms with Crippen LogP contribution >= 0.6 is 11.3 Å². The lowest BCUT2D eigenvalue weighted by molar-refractivity contribution is 0.996. The monoisotopic (exact) mass is 231 g/mol. The van der Waals surface area contributed by atoms with Crippen LogP contribution in [0.3, 0.4) is 0 Å². The molecule has 0 aliphatic rings. The van der Waals surface area contributed by atoms with E-state index in [1.165, 1.54) is 0 Å². The van der Waals surface area contributed by atoms with Crippen LogP contribution in [0, 0.1) is 0 Å². The van der Waals surface area contributed by atoms with E-state index in [1.54, 1.807) is 23.9 Å². The molecule has 80 valence electrons. The second-order valence-electron chi connectivity index (χ2n) is 3.23. The first-order valence-corrected chi connectivity index (χ1v) is 5.68. The van der Waals surface area contributed by atoms with Gasteiger partial charge in [-0.15, -0.1) is 11.3 Å². The van der Waals surface area contributed by atoms with Gasteiger partial charge in [-0.2, -0.15) is 4.98 Å². The number of aromatic nitrogens is 4. The molecule has 0 radical (unpaired) electrons. The number of hydrogen-bond donors (Lipinski definition) is 1. The fourth-order valence-corrected chi connectivity index (χ4v) is 2.29. The average Bonchev–Trinajstić information content (AvgIpc) is 2.98. The molecular formula is C10H9N5S. The minimum atomic E-state index is 0.624. The predicted molar refractivity (Wildman–Crippen MR) is 64.1 cm³/mol. The lowest BCUT2D eigenvalue weighted by Crippen LogP contribution is -2.01. The van der Waals surface area contributed by atoms with E-state index in [2.05, 4.69) is 20.3 Å². The van der Waals surface area contributed by atoms with Gasteiger partial charge in [-0.3, -0.25) is 4.57 Å². The molecule has 3 heterocycles. The molecule has 0 amide bonds. The largest absolute Gasteiger partial charge is 0.357 e. The highest BCUT2D eigenvalue weighted by molar-refractivity contribution is 7.16. The highest BCUT2D eigenvalue weighted by Crippen LogP contribution is 2.25. The van der Waals surface area contributed by atoms with Crippen molar-refractivity contribution in [2.75, 3.05) is 12.4 Å². The Labute approximate surface area is 95.8 Å². The predicted octanol–water partition coefficient (Wildman–Crippen LogP) is 1.92. The average molecular weight is 231 g/mol. The molecule has 1 N–H and O–H groups in total. The van der Waals surface area contributed by atoms with Gasteiger partial charge < -0.3 is 5.32 Å². The summed E-state index contributed by atoms with van der Waals surface area (Å²) < 4.78 is 1.89. The molecule has 16 heavy (non-hydrogen) atoms. The summed E-state index contributed by atoms with van der Waals surface area (Å²) in [5, 5.41) is 6.02. The maximum Gasteiger partial charge on any atom is 0.225 e. The molecular weight excluding hydrogens is 222 g/mol. The molecule has 0 aliphatic heterocycles.